The number of benzene rings is 1. The second-order valence-corrected chi connectivity index (χ2v) is 2.52. The molecule has 66 valence electrons. The van der Waals surface area contributed by atoms with Gasteiger partial charge in [-0.15, -0.1) is 0 Å². The van der Waals surface area contributed by atoms with E-state index >= 15 is 0 Å². The van der Waals surface area contributed by atoms with E-state index in [4.69, 9.17) is 5.11 Å². The lowest BCUT2D eigenvalue weighted by atomic mass is 10.1. The SMILES string of the molecule is C=C/C=C/c1ccc(C(=O)O)cc1. The first-order chi connectivity index (χ1) is 6.24. The molecule has 0 bridgehead atoms. The molecule has 0 amide bonds. The summed E-state index contributed by atoms with van der Waals surface area (Å²) in [5.41, 5.74) is 1.26. The van der Waals surface area contributed by atoms with Gasteiger partial charge in [0.05, 0.1) is 5.56 Å². The maximum Gasteiger partial charge on any atom is 0.335 e. The van der Waals surface area contributed by atoms with Crippen LogP contribution in [0, 0.1) is 0 Å². The van der Waals surface area contributed by atoms with Gasteiger partial charge in [-0.2, -0.15) is 0 Å². The molecule has 13 heavy (non-hydrogen) atoms. The summed E-state index contributed by atoms with van der Waals surface area (Å²) >= 11 is 0. The average molecular weight is 174 g/mol. The van der Waals surface area contributed by atoms with Crippen LogP contribution in [0.1, 0.15) is 15.9 Å². The molecule has 0 aromatic heterocycles. The Bertz CT molecular complexity index is 334. The topological polar surface area (TPSA) is 37.3 Å². The summed E-state index contributed by atoms with van der Waals surface area (Å²) < 4.78 is 0. The lowest BCUT2D eigenvalue weighted by molar-refractivity contribution is 0.0697. The van der Waals surface area contributed by atoms with Gasteiger partial charge in [-0.05, 0) is 17.7 Å². The van der Waals surface area contributed by atoms with Crippen LogP contribution in [0.5, 0.6) is 0 Å². The van der Waals surface area contributed by atoms with E-state index in [1.54, 1.807) is 36.4 Å². The van der Waals surface area contributed by atoms with Crippen molar-refractivity contribution >= 4 is 12.0 Å². The Labute approximate surface area is 76.8 Å². The first kappa shape index (κ1) is 9.26. The van der Waals surface area contributed by atoms with E-state index in [0.717, 1.165) is 5.56 Å². The molecule has 0 heterocycles. The Morgan fingerprint density at radius 3 is 2.38 bits per heavy atom. The van der Waals surface area contributed by atoms with Gasteiger partial charge in [-0.3, -0.25) is 0 Å². The smallest absolute Gasteiger partial charge is 0.335 e. The number of aromatic carboxylic acids is 1. The Hall–Kier alpha value is -1.83. The van der Waals surface area contributed by atoms with Gasteiger partial charge >= 0.3 is 5.97 Å². The molecule has 0 fully saturated rings. The molecule has 0 saturated heterocycles. The maximum atomic E-state index is 10.5. The van der Waals surface area contributed by atoms with Gasteiger partial charge in [-0.1, -0.05) is 36.9 Å². The van der Waals surface area contributed by atoms with Crippen LogP contribution in [-0.2, 0) is 0 Å². The quantitative estimate of drug-likeness (QED) is 0.715. The Morgan fingerprint density at radius 2 is 1.92 bits per heavy atom. The number of allylic oxidation sites excluding steroid dienone is 2. The van der Waals surface area contributed by atoms with Crippen molar-refractivity contribution in [1.29, 1.82) is 0 Å². The predicted octanol–water partition coefficient (Wildman–Crippen LogP) is 2.58. The third-order valence-corrected chi connectivity index (χ3v) is 1.58. The van der Waals surface area contributed by atoms with Gasteiger partial charge in [0, 0.05) is 0 Å². The number of carbonyl (C=O) groups is 1. The van der Waals surface area contributed by atoms with Crippen LogP contribution in [-0.4, -0.2) is 11.1 Å². The highest BCUT2D eigenvalue weighted by molar-refractivity contribution is 5.87. The molecule has 1 aromatic rings. The second-order valence-electron chi connectivity index (χ2n) is 2.52. The summed E-state index contributed by atoms with van der Waals surface area (Å²) in [5, 5.41) is 8.62. The van der Waals surface area contributed by atoms with Crippen molar-refractivity contribution in [3.8, 4) is 0 Å². The molecule has 0 aliphatic heterocycles. The van der Waals surface area contributed by atoms with Gasteiger partial charge < -0.3 is 5.11 Å². The fourth-order valence-electron chi connectivity index (χ4n) is 0.916. The molecule has 1 N–H and O–H groups in total. The molecule has 1 rings (SSSR count). The molecule has 0 saturated carbocycles. The zero-order valence-corrected chi connectivity index (χ0v) is 7.10. The van der Waals surface area contributed by atoms with Crippen molar-refractivity contribution < 1.29 is 9.90 Å². The first-order valence-corrected chi connectivity index (χ1v) is 3.86. The van der Waals surface area contributed by atoms with Crippen molar-refractivity contribution in [2.75, 3.05) is 0 Å². The van der Waals surface area contributed by atoms with Crippen LogP contribution >= 0.6 is 0 Å². The Morgan fingerprint density at radius 1 is 1.31 bits per heavy atom. The molecule has 0 unspecified atom stereocenters. The van der Waals surface area contributed by atoms with Crippen molar-refractivity contribution in [1.82, 2.24) is 0 Å². The maximum absolute atomic E-state index is 10.5. The lowest BCUT2D eigenvalue weighted by Gasteiger charge is -1.94. The summed E-state index contributed by atoms with van der Waals surface area (Å²) in [6, 6.07) is 6.66. The van der Waals surface area contributed by atoms with Crippen LogP contribution in [0.3, 0.4) is 0 Å². The number of hydrogen-bond donors (Lipinski definition) is 1. The Balaban J connectivity index is 2.87. The van der Waals surface area contributed by atoms with Crippen molar-refractivity contribution in [3.63, 3.8) is 0 Å². The van der Waals surface area contributed by atoms with Crippen molar-refractivity contribution in [3.05, 3.63) is 54.1 Å². The highest BCUT2D eigenvalue weighted by Crippen LogP contribution is 2.05. The highest BCUT2D eigenvalue weighted by Gasteiger charge is 1.99. The fraction of sp³-hybridized carbons (Fsp3) is 0. The number of rotatable bonds is 3. The standard InChI is InChI=1S/C11H10O2/c1-2-3-4-9-5-7-10(8-6-9)11(12)13/h2-8H,1H2,(H,12,13)/b4-3+. The predicted molar refractivity (Wildman–Crippen MR) is 52.6 cm³/mol. The molecule has 0 spiro atoms. The van der Waals surface area contributed by atoms with Gasteiger partial charge in [0.1, 0.15) is 0 Å². The largest absolute Gasteiger partial charge is 0.478 e. The highest BCUT2D eigenvalue weighted by atomic mass is 16.4. The normalized spacial score (nSPS) is 10.2. The van der Waals surface area contributed by atoms with E-state index in [9.17, 15) is 4.79 Å². The van der Waals surface area contributed by atoms with E-state index in [0.29, 0.717) is 5.56 Å². The summed E-state index contributed by atoms with van der Waals surface area (Å²) in [6.45, 7) is 3.54. The lowest BCUT2D eigenvalue weighted by Crippen LogP contribution is -1.94. The molecular weight excluding hydrogens is 164 g/mol. The van der Waals surface area contributed by atoms with E-state index < -0.39 is 5.97 Å². The third-order valence-electron chi connectivity index (χ3n) is 1.58. The van der Waals surface area contributed by atoms with E-state index in [-0.39, 0.29) is 0 Å². The van der Waals surface area contributed by atoms with Crippen LogP contribution < -0.4 is 0 Å². The summed E-state index contributed by atoms with van der Waals surface area (Å²) in [4.78, 5) is 10.5. The molecule has 1 aromatic carbocycles. The van der Waals surface area contributed by atoms with Crippen LogP contribution in [0.25, 0.3) is 6.08 Å². The molecule has 0 aliphatic rings. The summed E-state index contributed by atoms with van der Waals surface area (Å²) in [6.07, 6.45) is 5.33. The second kappa shape index (κ2) is 4.26. The molecule has 0 atom stereocenters. The van der Waals surface area contributed by atoms with E-state index in [1.165, 1.54) is 0 Å². The van der Waals surface area contributed by atoms with Crippen molar-refractivity contribution in [2.24, 2.45) is 0 Å². The molecule has 0 radical (unpaired) electrons. The van der Waals surface area contributed by atoms with Gasteiger partial charge in [0.2, 0.25) is 0 Å². The van der Waals surface area contributed by atoms with Gasteiger partial charge in [0.25, 0.3) is 0 Å². The minimum atomic E-state index is -0.903. The van der Waals surface area contributed by atoms with E-state index in [2.05, 4.69) is 6.58 Å². The monoisotopic (exact) mass is 174 g/mol. The van der Waals surface area contributed by atoms with Crippen LogP contribution in [0.15, 0.2) is 43.0 Å². The van der Waals surface area contributed by atoms with Crippen molar-refractivity contribution in [2.45, 2.75) is 0 Å². The number of carboxylic acid groups (broad SMARTS) is 1. The molecule has 2 heteroatoms. The Kier molecular flexibility index (Phi) is 3.03. The van der Waals surface area contributed by atoms with Crippen LogP contribution in [0.4, 0.5) is 0 Å². The molecule has 0 aliphatic carbocycles. The zero-order valence-electron chi connectivity index (χ0n) is 7.10. The van der Waals surface area contributed by atoms with Crippen LogP contribution in [0.2, 0.25) is 0 Å². The van der Waals surface area contributed by atoms with Gasteiger partial charge in [-0.25, -0.2) is 4.79 Å². The third kappa shape index (κ3) is 2.60. The first-order valence-electron chi connectivity index (χ1n) is 3.86. The minimum Gasteiger partial charge on any atom is -0.478 e. The summed E-state index contributed by atoms with van der Waals surface area (Å²) in [7, 11) is 0. The van der Waals surface area contributed by atoms with E-state index in [1.807, 2.05) is 6.08 Å². The number of hydrogen-bond acceptors (Lipinski definition) is 1. The molecule has 2 nitrogen and oxygen atoms in total. The fourth-order valence-corrected chi connectivity index (χ4v) is 0.916. The average Bonchev–Trinajstić information content (AvgIpc) is 2.15. The summed E-state index contributed by atoms with van der Waals surface area (Å²) in [5.74, 6) is -0.903. The zero-order chi connectivity index (χ0) is 9.68. The number of carboxylic acids is 1. The van der Waals surface area contributed by atoms with Gasteiger partial charge in [0.15, 0.2) is 0 Å². The molecular formula is C11H10O2. The minimum absolute atomic E-state index is 0.302.